The minimum atomic E-state index is -3.73. The van der Waals surface area contributed by atoms with Crippen LogP contribution < -0.4 is 5.32 Å². The average molecular weight is 446 g/mol. The SMILES string of the molecule is CCN(CC)S(=O)(=O)c1cc(NC(=O)Cc2ccc(-n3cccc3)cc2)ccc1Cl. The lowest BCUT2D eigenvalue weighted by Gasteiger charge is -2.19. The molecule has 0 aliphatic carbocycles. The third kappa shape index (κ3) is 4.92. The summed E-state index contributed by atoms with van der Waals surface area (Å²) in [6, 6.07) is 16.1. The molecule has 0 saturated heterocycles. The van der Waals surface area contributed by atoms with Crippen LogP contribution in [0.15, 0.2) is 71.9 Å². The van der Waals surface area contributed by atoms with E-state index in [2.05, 4.69) is 5.32 Å². The molecule has 158 valence electrons. The summed E-state index contributed by atoms with van der Waals surface area (Å²) in [5.41, 5.74) is 2.25. The van der Waals surface area contributed by atoms with Crippen molar-refractivity contribution in [3.05, 3.63) is 77.6 Å². The summed E-state index contributed by atoms with van der Waals surface area (Å²) in [5, 5.41) is 2.89. The Morgan fingerprint density at radius 1 is 1.03 bits per heavy atom. The van der Waals surface area contributed by atoms with Crippen molar-refractivity contribution in [3.8, 4) is 5.69 Å². The van der Waals surface area contributed by atoms with E-state index in [1.165, 1.54) is 16.4 Å². The minimum absolute atomic E-state index is 0.0123. The fourth-order valence-corrected chi connectivity index (χ4v) is 5.12. The Hall–Kier alpha value is -2.61. The van der Waals surface area contributed by atoms with Crippen LogP contribution in [0, 0.1) is 0 Å². The predicted molar refractivity (Wildman–Crippen MR) is 120 cm³/mol. The second-order valence-electron chi connectivity index (χ2n) is 6.72. The van der Waals surface area contributed by atoms with Gasteiger partial charge in [0.15, 0.2) is 0 Å². The second kappa shape index (κ2) is 9.47. The molecule has 0 aliphatic heterocycles. The van der Waals surface area contributed by atoms with Crippen LogP contribution in [0.25, 0.3) is 5.69 Å². The monoisotopic (exact) mass is 445 g/mol. The van der Waals surface area contributed by atoms with Gasteiger partial charge in [-0.3, -0.25) is 4.79 Å². The van der Waals surface area contributed by atoms with Crippen molar-refractivity contribution in [3.63, 3.8) is 0 Å². The van der Waals surface area contributed by atoms with Crippen LogP contribution in [0.2, 0.25) is 5.02 Å². The lowest BCUT2D eigenvalue weighted by atomic mass is 10.1. The molecule has 0 fully saturated rings. The number of benzene rings is 2. The van der Waals surface area contributed by atoms with Crippen LogP contribution in [0.1, 0.15) is 19.4 Å². The number of aromatic nitrogens is 1. The highest BCUT2D eigenvalue weighted by Gasteiger charge is 2.25. The summed E-state index contributed by atoms with van der Waals surface area (Å²) < 4.78 is 28.9. The van der Waals surface area contributed by atoms with Gasteiger partial charge in [0, 0.05) is 36.9 Å². The van der Waals surface area contributed by atoms with E-state index in [4.69, 9.17) is 11.6 Å². The van der Waals surface area contributed by atoms with Crippen molar-refractivity contribution in [1.29, 1.82) is 0 Å². The zero-order valence-electron chi connectivity index (χ0n) is 16.9. The highest BCUT2D eigenvalue weighted by molar-refractivity contribution is 7.89. The molecule has 0 saturated carbocycles. The average Bonchev–Trinajstić information content (AvgIpc) is 3.25. The number of carbonyl (C=O) groups excluding carboxylic acids is 1. The van der Waals surface area contributed by atoms with Crippen LogP contribution in [0.5, 0.6) is 0 Å². The van der Waals surface area contributed by atoms with Crippen LogP contribution in [-0.2, 0) is 21.2 Å². The smallest absolute Gasteiger partial charge is 0.244 e. The first-order valence-corrected chi connectivity index (χ1v) is 11.5. The largest absolute Gasteiger partial charge is 0.326 e. The van der Waals surface area contributed by atoms with Crippen LogP contribution in [-0.4, -0.2) is 36.3 Å². The van der Waals surface area contributed by atoms with Crippen molar-refractivity contribution in [2.45, 2.75) is 25.2 Å². The summed E-state index contributed by atoms with van der Waals surface area (Å²) in [6.45, 7) is 4.21. The Morgan fingerprint density at radius 2 is 1.67 bits per heavy atom. The van der Waals surface area contributed by atoms with E-state index < -0.39 is 10.0 Å². The normalized spacial score (nSPS) is 11.6. The van der Waals surface area contributed by atoms with Crippen molar-refractivity contribution in [2.24, 2.45) is 0 Å². The number of carbonyl (C=O) groups is 1. The molecule has 1 aromatic heterocycles. The van der Waals surface area contributed by atoms with E-state index >= 15 is 0 Å². The Labute approximate surface area is 182 Å². The maximum Gasteiger partial charge on any atom is 0.244 e. The van der Waals surface area contributed by atoms with Crippen LogP contribution in [0.4, 0.5) is 5.69 Å². The molecule has 2 aromatic carbocycles. The van der Waals surface area contributed by atoms with Crippen molar-refractivity contribution in [2.75, 3.05) is 18.4 Å². The third-order valence-electron chi connectivity index (χ3n) is 4.74. The maximum atomic E-state index is 12.8. The first-order chi connectivity index (χ1) is 14.3. The van der Waals surface area contributed by atoms with Gasteiger partial charge in [-0.1, -0.05) is 37.6 Å². The quantitative estimate of drug-likeness (QED) is 0.560. The van der Waals surface area contributed by atoms with Gasteiger partial charge in [0.2, 0.25) is 15.9 Å². The highest BCUT2D eigenvalue weighted by Crippen LogP contribution is 2.28. The van der Waals surface area contributed by atoms with E-state index in [1.807, 2.05) is 53.4 Å². The van der Waals surface area contributed by atoms with E-state index in [0.29, 0.717) is 18.8 Å². The molecule has 3 aromatic rings. The molecule has 3 rings (SSSR count). The number of sulfonamides is 1. The lowest BCUT2D eigenvalue weighted by molar-refractivity contribution is -0.115. The van der Waals surface area contributed by atoms with Crippen molar-refractivity contribution < 1.29 is 13.2 Å². The molecule has 1 heterocycles. The van der Waals surface area contributed by atoms with Gasteiger partial charge in [-0.25, -0.2) is 8.42 Å². The molecular weight excluding hydrogens is 422 g/mol. The first-order valence-electron chi connectivity index (χ1n) is 9.67. The number of nitrogens with zero attached hydrogens (tertiary/aromatic N) is 2. The summed E-state index contributed by atoms with van der Waals surface area (Å²) >= 11 is 6.14. The number of hydrogen-bond acceptors (Lipinski definition) is 3. The van der Waals surface area contributed by atoms with E-state index in [0.717, 1.165) is 11.3 Å². The van der Waals surface area contributed by atoms with Gasteiger partial charge in [0.05, 0.1) is 11.4 Å². The Bertz CT molecular complexity index is 1110. The lowest BCUT2D eigenvalue weighted by Crippen LogP contribution is -2.30. The highest BCUT2D eigenvalue weighted by atomic mass is 35.5. The summed E-state index contributed by atoms with van der Waals surface area (Å²) in [4.78, 5) is 12.5. The number of nitrogens with one attached hydrogen (secondary N) is 1. The number of anilines is 1. The van der Waals surface area contributed by atoms with Crippen LogP contribution in [0.3, 0.4) is 0 Å². The van der Waals surface area contributed by atoms with Gasteiger partial charge >= 0.3 is 0 Å². The molecule has 0 unspecified atom stereocenters. The molecule has 1 amide bonds. The van der Waals surface area contributed by atoms with Gasteiger partial charge in [0.1, 0.15) is 4.90 Å². The number of halogens is 1. The van der Waals surface area contributed by atoms with E-state index in [1.54, 1.807) is 19.9 Å². The Kier molecular flexibility index (Phi) is 6.97. The molecule has 8 heteroatoms. The van der Waals surface area contributed by atoms with Gasteiger partial charge < -0.3 is 9.88 Å². The fraction of sp³-hybridized carbons (Fsp3) is 0.227. The van der Waals surface area contributed by atoms with Gasteiger partial charge in [-0.15, -0.1) is 0 Å². The van der Waals surface area contributed by atoms with Gasteiger partial charge in [0.25, 0.3) is 0 Å². The predicted octanol–water partition coefficient (Wildman–Crippen LogP) is 4.34. The molecular formula is C22H24ClN3O3S. The molecule has 0 atom stereocenters. The standard InChI is InChI=1S/C22H24ClN3O3S/c1-3-26(4-2)30(28,29)21-16-18(9-12-20(21)23)24-22(27)15-17-7-10-19(11-8-17)25-13-5-6-14-25/h5-14,16H,3-4,15H2,1-2H3,(H,24,27). The number of hydrogen-bond donors (Lipinski definition) is 1. The zero-order valence-corrected chi connectivity index (χ0v) is 18.4. The summed E-state index contributed by atoms with van der Waals surface area (Å²) in [5.74, 6) is -0.239. The molecule has 0 aliphatic rings. The van der Waals surface area contributed by atoms with Crippen molar-refractivity contribution in [1.82, 2.24) is 8.87 Å². The Morgan fingerprint density at radius 3 is 2.27 bits per heavy atom. The van der Waals surface area contributed by atoms with Crippen LogP contribution >= 0.6 is 11.6 Å². The van der Waals surface area contributed by atoms with Gasteiger partial charge in [-0.05, 0) is 48.0 Å². The fourth-order valence-electron chi connectivity index (χ4n) is 3.16. The minimum Gasteiger partial charge on any atom is -0.326 e. The van der Waals surface area contributed by atoms with E-state index in [-0.39, 0.29) is 22.2 Å². The topological polar surface area (TPSA) is 71.4 Å². The third-order valence-corrected chi connectivity index (χ3v) is 7.27. The second-order valence-corrected chi connectivity index (χ2v) is 9.03. The number of amides is 1. The first kappa shape index (κ1) is 22.1. The zero-order chi connectivity index (χ0) is 21.7. The van der Waals surface area contributed by atoms with Gasteiger partial charge in [-0.2, -0.15) is 4.31 Å². The summed E-state index contributed by atoms with van der Waals surface area (Å²) in [7, 11) is -3.73. The Balaban J connectivity index is 1.73. The summed E-state index contributed by atoms with van der Waals surface area (Å²) in [6.07, 6.45) is 4.07. The molecule has 30 heavy (non-hydrogen) atoms. The molecule has 0 bridgehead atoms. The number of rotatable bonds is 8. The maximum absolute atomic E-state index is 12.8. The molecule has 0 spiro atoms. The molecule has 0 radical (unpaired) electrons. The van der Waals surface area contributed by atoms with Crippen molar-refractivity contribution >= 4 is 33.2 Å². The molecule has 6 nitrogen and oxygen atoms in total. The molecule has 1 N–H and O–H groups in total. The van der Waals surface area contributed by atoms with E-state index in [9.17, 15) is 13.2 Å².